The number of hydrogen-bond acceptors (Lipinski definition) is 23. The first-order valence-electron chi connectivity index (χ1n) is 56.6. The molecule has 15 aliphatic carbocycles. The van der Waals surface area contributed by atoms with Gasteiger partial charge in [0.2, 0.25) is 6.10 Å². The maximum Gasteiger partial charge on any atom is 0.376 e. The van der Waals surface area contributed by atoms with Crippen LogP contribution in [0.2, 0.25) is 0 Å². The summed E-state index contributed by atoms with van der Waals surface area (Å²) in [5.41, 5.74) is -0.746. The molecule has 2 aromatic rings. The number of cyclic esters (lactones) is 1. The molecule has 0 aromatic heterocycles. The second kappa shape index (κ2) is 49.6. The highest BCUT2D eigenvalue weighted by Gasteiger charge is 2.66. The molecule has 1 N–H and O–H groups in total. The van der Waals surface area contributed by atoms with E-state index in [0.29, 0.717) is 94.5 Å². The van der Waals surface area contributed by atoms with Gasteiger partial charge in [0.05, 0.1) is 70.4 Å². The lowest BCUT2D eigenvalue weighted by atomic mass is 9.44. The van der Waals surface area contributed by atoms with Gasteiger partial charge in [0.15, 0.2) is 20.0 Å². The van der Waals surface area contributed by atoms with Gasteiger partial charge < -0.3 is 61.9 Å². The van der Waals surface area contributed by atoms with Crippen molar-refractivity contribution < 1.29 is 140 Å². The molecule has 23 nitrogen and oxygen atoms in total. The van der Waals surface area contributed by atoms with Crippen LogP contribution >= 0.6 is 0 Å². The Balaban J connectivity index is 0.000000179. The van der Waals surface area contributed by atoms with E-state index >= 15 is 0 Å². The van der Waals surface area contributed by atoms with Crippen LogP contribution in [0.15, 0.2) is 48.5 Å². The maximum atomic E-state index is 13.3. The van der Waals surface area contributed by atoms with Crippen LogP contribution in [0.1, 0.15) is 430 Å². The molecule has 14 bridgehead atoms. The van der Waals surface area contributed by atoms with Crippen molar-refractivity contribution in [2.24, 2.45) is 108 Å². The van der Waals surface area contributed by atoms with Crippen LogP contribution in [0, 0.1) is 116 Å². The van der Waals surface area contributed by atoms with Gasteiger partial charge in [0.1, 0.15) is 29.0 Å². The molecule has 832 valence electrons. The number of halogens is 3. The predicted molar refractivity (Wildman–Crippen MR) is 557 cm³/mol. The monoisotopic (exact) mass is 2180 g/mol. The number of carbonyl (C=O) groups excluding carboxylic acids is 10. The first-order valence-corrected chi connectivity index (χ1v) is 58.7. The lowest BCUT2D eigenvalue weighted by Crippen LogP contribution is -3.61. The van der Waals surface area contributed by atoms with Crippen LogP contribution < -0.4 is 21.2 Å². The molecule has 2 heterocycles. The average molecular weight is 2180 g/mol. The predicted octanol–water partition coefficient (Wildman–Crippen LogP) is 22.8. The molecular weight excluding hydrogens is 1990 g/mol. The summed E-state index contributed by atoms with van der Waals surface area (Å²) < 4.78 is 95.6. The van der Waals surface area contributed by atoms with Gasteiger partial charge >= 0.3 is 86.8 Å². The van der Waals surface area contributed by atoms with Crippen LogP contribution in [0.4, 0.5) is 8.78 Å². The second-order valence-corrected chi connectivity index (χ2v) is 56.1. The summed E-state index contributed by atoms with van der Waals surface area (Å²) in [6, 6.07) is 18.4. The summed E-state index contributed by atoms with van der Waals surface area (Å²) in [5, 5.41) is 10.6. The third kappa shape index (κ3) is 31.7. The number of rotatable bonds is 35. The lowest BCUT2D eigenvalue weighted by molar-refractivity contribution is -0.597. The summed E-state index contributed by atoms with van der Waals surface area (Å²) in [4.78, 5) is 119. The molecule has 11 atom stereocenters. The zero-order valence-electron chi connectivity index (χ0n) is 95.3. The molecule has 11 unspecified atom stereocenters. The van der Waals surface area contributed by atoms with Gasteiger partial charge in [0, 0.05) is 43.6 Å². The van der Waals surface area contributed by atoms with Crippen LogP contribution in [0.5, 0.6) is 0 Å². The van der Waals surface area contributed by atoms with E-state index in [-0.39, 0.29) is 156 Å². The lowest BCUT2D eigenvalue weighted by Gasteiger charge is -2.61. The minimum atomic E-state index is -3.45. The molecule has 19 rings (SSSR count). The fraction of sp³-hybridized carbons (Fsp3) is 0.818. The fourth-order valence-electron chi connectivity index (χ4n) is 25.7. The molecule has 0 amide bonds. The maximum absolute atomic E-state index is 13.3. The number of aliphatic hydroxyl groups is 1. The number of ether oxygens (including phenoxy) is 12. The quantitative estimate of drug-likeness (QED) is 0.0220. The van der Waals surface area contributed by atoms with Crippen molar-refractivity contribution in [2.45, 2.75) is 482 Å². The van der Waals surface area contributed by atoms with Crippen molar-refractivity contribution >= 4 is 59.7 Å². The van der Waals surface area contributed by atoms with Gasteiger partial charge in [-0.1, -0.05) is 128 Å². The standard InChI is InChI=1S/C27H44F2O6.C20H26I.C18H30O2.C16H22O6.C16H26O3.C14H26O2.C10H16O4/c1-6-24(3,4)22(30)33-10-8-7-9-32-19(2)34-17-26-12-20-11-21(13-26)15-27(14-20,16-26)18-35-23(31)25(5,28)29;1-19(2,3)15-7-11-17(12-8-15)21-18-13-9-16(10-14-18)20(4,5)6;1-5-17(3,4)16(19)20-18(6-2)14-8-12-7-13(10-14)11-15(18)9-12;1-4-16(2,3)15(19)20-7-11(17)21-12-8-5-9-10(6-8)14(18)22-13(9)12;1-4-14(2,3)13(17)19-16-8-11-5-12(9-16)7-15(18,6-11)10-16;1-5-13(3,4)12(15)16-14(6-2)10-8-7-9-11-14;1-4-10(2,3)9(12)14-7-5-6-13-8(7)11/h19-21H,6-18H2,1-5H3;7-14H,1-6H3;12-15H,5-11H2,1-4H3;8-10,12-13H,4-7H2,1-3H3;11-12,18H,4-10H2,1-3H3;5-11H2,1-4H3;7H,4-6H2,1-3H3/q;+1;;;;;. The van der Waals surface area contributed by atoms with Gasteiger partial charge in [-0.3, -0.25) is 33.6 Å². The first-order chi connectivity index (χ1) is 68.4. The summed E-state index contributed by atoms with van der Waals surface area (Å²) in [6.07, 6.45) is 32.6. The van der Waals surface area contributed by atoms with Gasteiger partial charge in [-0.25, -0.2) is 14.4 Å². The molecule has 147 heavy (non-hydrogen) atoms. The number of esters is 10. The molecule has 15 saturated carbocycles. The van der Waals surface area contributed by atoms with E-state index in [1.807, 2.05) is 96.9 Å². The van der Waals surface area contributed by atoms with Crippen molar-refractivity contribution in [3.05, 3.63) is 66.8 Å². The second-order valence-electron chi connectivity index (χ2n) is 53.1. The van der Waals surface area contributed by atoms with Gasteiger partial charge in [-0.2, -0.15) is 8.78 Å². The minimum Gasteiger partial charge on any atom is -0.465 e. The highest BCUT2D eigenvalue weighted by molar-refractivity contribution is 5.84. The molecule has 0 radical (unpaired) electrons. The van der Waals surface area contributed by atoms with E-state index in [4.69, 9.17) is 56.8 Å². The first kappa shape index (κ1) is 122. The normalized spacial score (nSPS) is 30.3. The van der Waals surface area contributed by atoms with Crippen LogP contribution in [0.25, 0.3) is 0 Å². The summed E-state index contributed by atoms with van der Waals surface area (Å²) >= 11 is -0.0703. The Labute approximate surface area is 891 Å². The van der Waals surface area contributed by atoms with Crippen molar-refractivity contribution in [1.29, 1.82) is 0 Å². The third-order valence-electron chi connectivity index (χ3n) is 36.7. The van der Waals surface area contributed by atoms with E-state index in [9.17, 15) is 61.8 Å². The van der Waals surface area contributed by atoms with E-state index in [2.05, 4.69) is 111 Å². The summed E-state index contributed by atoms with van der Waals surface area (Å²) in [6.45, 7) is 56.7. The van der Waals surface area contributed by atoms with E-state index in [0.717, 1.165) is 147 Å². The largest absolute Gasteiger partial charge is 0.465 e. The zero-order chi connectivity index (χ0) is 109. The van der Waals surface area contributed by atoms with Crippen molar-refractivity contribution in [3.63, 3.8) is 0 Å². The number of alkyl halides is 2. The Morgan fingerprint density at radius 3 is 1.34 bits per heavy atom. The Hall–Kier alpha value is -6.39. The van der Waals surface area contributed by atoms with Crippen molar-refractivity contribution in [2.75, 3.05) is 39.6 Å². The van der Waals surface area contributed by atoms with Crippen LogP contribution in [0.3, 0.4) is 0 Å². The van der Waals surface area contributed by atoms with Gasteiger partial charge in [-0.15, -0.1) is 0 Å². The Morgan fingerprint density at radius 1 is 0.449 bits per heavy atom. The van der Waals surface area contributed by atoms with Crippen LogP contribution in [-0.4, -0.2) is 157 Å². The number of hydrogen-bond donors (Lipinski definition) is 1. The van der Waals surface area contributed by atoms with Crippen molar-refractivity contribution in [3.8, 4) is 0 Å². The SMILES string of the molecule is CC(C)(C)c1ccc([I+]c2ccc(C(C)(C)C)cc2)cc1.CCC(C)(C)C(=O)OC1(CC)C2CC3CC(C2)CC1C3.CCC(C)(C)C(=O)OC12CC3CC(CC(O)(C3)C1)C2.CCC(C)(C)C(=O)OC1CCOC1=O.CCC(C)(C)C(=O)OCC(=O)OC1C2CC3C(=O)OC1C3C2.CCC(C)(C)C(=O)OCCCCOC(C)OCC12CC3CC(CC(COC(=O)C(C)(F)F)(C3)C1)C2.CCC1(OC(=O)C(C)(C)CC)CCCCC1. The Morgan fingerprint density at radius 2 is 0.891 bits per heavy atom. The number of fused-ring (bicyclic) bond motifs is 1. The van der Waals surface area contributed by atoms with E-state index < -0.39 is 63.2 Å². The smallest absolute Gasteiger partial charge is 0.376 e. The molecular formula is C121H190F2IO23+. The summed E-state index contributed by atoms with van der Waals surface area (Å²) in [5.74, 6) is -1.30. The molecule has 17 aliphatic rings. The van der Waals surface area contributed by atoms with Crippen LogP contribution in [-0.2, 0) is 116 Å². The van der Waals surface area contributed by atoms with Gasteiger partial charge in [-0.05, 0) is 394 Å². The Bertz CT molecular complexity index is 4620. The Kier molecular flexibility index (Phi) is 41.3. The topological polar surface area (TPSA) is 302 Å². The number of benzene rings is 2. The molecule has 26 heteroatoms. The number of carbonyl (C=O) groups is 10. The van der Waals surface area contributed by atoms with Crippen molar-refractivity contribution in [1.82, 2.24) is 0 Å². The third-order valence-corrected chi connectivity index (χ3v) is 39.4. The fourth-order valence-corrected chi connectivity index (χ4v) is 27.9. The molecule has 2 aromatic carbocycles. The molecule has 2 aliphatic heterocycles. The van der Waals surface area contributed by atoms with E-state index in [1.165, 1.54) is 82.5 Å². The van der Waals surface area contributed by atoms with E-state index in [1.54, 1.807) is 27.7 Å². The summed E-state index contributed by atoms with van der Waals surface area (Å²) in [7, 11) is 0. The molecule has 17 fully saturated rings. The highest BCUT2D eigenvalue weighted by Crippen LogP contribution is 2.67. The average Bonchev–Trinajstić information content (AvgIpc) is 1.72. The molecule has 0 spiro atoms. The minimum absolute atomic E-state index is 0.00310. The highest BCUT2D eigenvalue weighted by atomic mass is 127. The number of unbranched alkanes of at least 4 members (excludes halogenated alkanes) is 1. The van der Waals surface area contributed by atoms with Gasteiger partial charge in [0.25, 0.3) is 0 Å². The zero-order valence-corrected chi connectivity index (χ0v) is 97.5. The molecule has 2 saturated heterocycles.